The highest BCUT2D eigenvalue weighted by atomic mass is 16.6. The summed E-state index contributed by atoms with van der Waals surface area (Å²) in [6, 6.07) is 12.3. The number of carbonyl (C=O) groups excluding carboxylic acids is 7. The Balaban J connectivity index is 1.57. The van der Waals surface area contributed by atoms with Crippen molar-refractivity contribution in [2.24, 2.45) is 0 Å². The third-order valence-electron chi connectivity index (χ3n) is 7.74. The minimum atomic E-state index is -1.43. The van der Waals surface area contributed by atoms with Gasteiger partial charge in [0.25, 0.3) is 11.8 Å². The molecule has 288 valence electrons. The number of aromatic nitrogens is 1. The van der Waals surface area contributed by atoms with Crippen LogP contribution in [0.3, 0.4) is 0 Å². The predicted octanol–water partition coefficient (Wildman–Crippen LogP) is 2.99. The van der Waals surface area contributed by atoms with E-state index in [1.54, 1.807) is 18.3 Å². The summed E-state index contributed by atoms with van der Waals surface area (Å²) in [6.07, 6.45) is 1.39. The van der Waals surface area contributed by atoms with Gasteiger partial charge in [-0.05, 0) is 48.7 Å². The van der Waals surface area contributed by atoms with Gasteiger partial charge in [-0.2, -0.15) is 0 Å². The van der Waals surface area contributed by atoms with Crippen LogP contribution in [0, 0.1) is 0 Å². The number of esters is 4. The van der Waals surface area contributed by atoms with E-state index in [1.807, 2.05) is 12.1 Å². The molecule has 0 saturated heterocycles. The number of carboxylic acid groups (broad SMARTS) is 1. The maximum absolute atomic E-state index is 13.8. The van der Waals surface area contributed by atoms with Crippen LogP contribution in [0.1, 0.15) is 66.8 Å². The minimum Gasteiger partial charge on any atom is -0.480 e. The van der Waals surface area contributed by atoms with E-state index in [0.717, 1.165) is 38.6 Å². The van der Waals surface area contributed by atoms with Crippen molar-refractivity contribution in [3.05, 3.63) is 83.6 Å². The molecule has 0 radical (unpaired) electrons. The van der Waals surface area contributed by atoms with E-state index < -0.39 is 65.4 Å². The molecule has 0 aliphatic carbocycles. The van der Waals surface area contributed by atoms with E-state index in [4.69, 9.17) is 18.9 Å². The molecule has 55 heavy (non-hydrogen) atoms. The lowest BCUT2D eigenvalue weighted by atomic mass is 10.0. The van der Waals surface area contributed by atoms with Gasteiger partial charge >= 0.3 is 29.8 Å². The Bertz CT molecular complexity index is 2140. The molecule has 17 heteroatoms. The lowest BCUT2D eigenvalue weighted by Crippen LogP contribution is -2.52. The lowest BCUT2D eigenvalue weighted by Gasteiger charge is -2.22. The van der Waals surface area contributed by atoms with E-state index >= 15 is 0 Å². The van der Waals surface area contributed by atoms with E-state index in [1.165, 1.54) is 36.4 Å². The zero-order valence-corrected chi connectivity index (χ0v) is 30.2. The number of rotatable bonds is 16. The number of ether oxygens (including phenoxy) is 4. The first-order valence-corrected chi connectivity index (χ1v) is 16.8. The second kappa shape index (κ2) is 18.6. The molecule has 5 N–H and O–H groups in total. The topological polar surface area (TPSA) is 246 Å². The summed E-state index contributed by atoms with van der Waals surface area (Å²) in [5.74, 6) is -8.09. The first-order chi connectivity index (χ1) is 26.1. The summed E-state index contributed by atoms with van der Waals surface area (Å²) < 4.78 is 20.5. The van der Waals surface area contributed by atoms with Gasteiger partial charge in [-0.1, -0.05) is 30.3 Å². The monoisotopic (exact) mass is 758 g/mol. The fourth-order valence-electron chi connectivity index (χ4n) is 5.46. The highest BCUT2D eigenvalue weighted by molar-refractivity contribution is 6.02. The van der Waals surface area contributed by atoms with Crippen molar-refractivity contribution >= 4 is 58.5 Å². The first-order valence-electron chi connectivity index (χ1n) is 16.8. The number of H-pyrrole nitrogens is 1. The fourth-order valence-corrected chi connectivity index (χ4v) is 5.46. The van der Waals surface area contributed by atoms with E-state index in [2.05, 4.69) is 20.9 Å². The lowest BCUT2D eigenvalue weighted by molar-refractivity contribution is -0.142. The summed E-state index contributed by atoms with van der Waals surface area (Å²) in [4.78, 5) is 103. The zero-order chi connectivity index (χ0) is 40.2. The molecule has 0 saturated carbocycles. The molecule has 2 atom stereocenters. The summed E-state index contributed by atoms with van der Waals surface area (Å²) >= 11 is 0. The molecule has 4 rings (SSSR count). The van der Waals surface area contributed by atoms with Crippen LogP contribution in [0.5, 0.6) is 23.0 Å². The summed E-state index contributed by atoms with van der Waals surface area (Å²) in [5.41, 5.74) is 0.965. The standard InChI is InChI=1S/C38H38N4O13/c1-20(43)52-31-15-7-11-26(33(31)54-22(3)45)35(47)39-17-9-14-29(41-36(48)27-12-8-16-32(53-21(2)44)34(27)55-23(4)46)37(49)42-30(38(50)51)18-24-19-40-28-13-6-5-10-25(24)28/h5-8,10-13,15-16,19,29-30,40H,9,14,17-18H2,1-4H3,(H,39,47)(H,41,48)(H,42,49)(H,50,51)/t29-,30-/m0/s1. The summed E-state index contributed by atoms with van der Waals surface area (Å²) in [5, 5.41) is 18.5. The Hall–Kier alpha value is -7.04. The van der Waals surface area contributed by atoms with Crippen LogP contribution in [0.4, 0.5) is 0 Å². The number of aromatic amines is 1. The molecule has 0 fully saturated rings. The quantitative estimate of drug-likeness (QED) is 0.0628. The van der Waals surface area contributed by atoms with Crippen molar-refractivity contribution in [2.45, 2.75) is 59.0 Å². The van der Waals surface area contributed by atoms with Crippen LogP contribution in [0.15, 0.2) is 66.9 Å². The minimum absolute atomic E-state index is 0.0289. The Morgan fingerprint density at radius 1 is 0.655 bits per heavy atom. The maximum Gasteiger partial charge on any atom is 0.326 e. The molecule has 4 aromatic rings. The van der Waals surface area contributed by atoms with E-state index in [9.17, 15) is 43.5 Å². The maximum atomic E-state index is 13.8. The predicted molar refractivity (Wildman–Crippen MR) is 193 cm³/mol. The molecule has 0 bridgehead atoms. The normalized spacial score (nSPS) is 11.7. The number of para-hydroxylation sites is 3. The van der Waals surface area contributed by atoms with Crippen molar-refractivity contribution in [3.63, 3.8) is 0 Å². The van der Waals surface area contributed by atoms with Gasteiger partial charge in [-0.3, -0.25) is 33.6 Å². The average Bonchev–Trinajstić information content (AvgIpc) is 3.52. The molecule has 3 amide bonds. The van der Waals surface area contributed by atoms with Crippen molar-refractivity contribution in [2.75, 3.05) is 6.54 Å². The smallest absolute Gasteiger partial charge is 0.326 e. The molecule has 1 aromatic heterocycles. The van der Waals surface area contributed by atoms with Crippen molar-refractivity contribution in [3.8, 4) is 23.0 Å². The number of aliphatic carboxylic acids is 1. The van der Waals surface area contributed by atoms with Gasteiger partial charge in [-0.25, -0.2) is 4.79 Å². The number of benzene rings is 3. The Morgan fingerprint density at radius 3 is 1.75 bits per heavy atom. The van der Waals surface area contributed by atoms with Crippen LogP contribution in [-0.4, -0.2) is 76.3 Å². The second-order valence-electron chi connectivity index (χ2n) is 12.0. The third kappa shape index (κ3) is 11.2. The van der Waals surface area contributed by atoms with Crippen LogP contribution in [0.25, 0.3) is 10.9 Å². The number of amides is 3. The molecule has 1 heterocycles. The summed E-state index contributed by atoms with van der Waals surface area (Å²) in [6.45, 7) is 4.30. The first kappa shape index (κ1) is 40.7. The number of hydrogen-bond acceptors (Lipinski definition) is 12. The second-order valence-corrected chi connectivity index (χ2v) is 12.0. The number of nitrogens with one attached hydrogen (secondary N) is 4. The van der Waals surface area contributed by atoms with Crippen LogP contribution in [0.2, 0.25) is 0 Å². The Labute approximate surface area is 313 Å². The van der Waals surface area contributed by atoms with Crippen molar-refractivity contribution in [1.29, 1.82) is 0 Å². The van der Waals surface area contributed by atoms with Crippen LogP contribution < -0.4 is 34.9 Å². The van der Waals surface area contributed by atoms with Crippen molar-refractivity contribution in [1.82, 2.24) is 20.9 Å². The van der Waals surface area contributed by atoms with Crippen molar-refractivity contribution < 1.29 is 62.4 Å². The van der Waals surface area contributed by atoms with Crippen LogP contribution >= 0.6 is 0 Å². The molecular weight excluding hydrogens is 720 g/mol. The van der Waals surface area contributed by atoms with Gasteiger partial charge in [-0.15, -0.1) is 0 Å². The Morgan fingerprint density at radius 2 is 1.20 bits per heavy atom. The molecular formula is C38H38N4O13. The molecule has 0 aliphatic heterocycles. The largest absolute Gasteiger partial charge is 0.480 e. The van der Waals surface area contributed by atoms with Gasteiger partial charge in [0.15, 0.2) is 23.0 Å². The average molecular weight is 759 g/mol. The van der Waals surface area contributed by atoms with E-state index in [0.29, 0.717) is 5.56 Å². The SMILES string of the molecule is CC(=O)Oc1cccc(C(=O)NCCC[C@H](NC(=O)c2cccc(OC(C)=O)c2OC(C)=O)C(=O)N[C@@H](Cc2c[nH]c3ccccc23)C(=O)O)c1OC(C)=O. The third-order valence-corrected chi connectivity index (χ3v) is 7.74. The number of carboxylic acids is 1. The van der Waals surface area contributed by atoms with Gasteiger partial charge in [0.1, 0.15) is 12.1 Å². The summed E-state index contributed by atoms with van der Waals surface area (Å²) in [7, 11) is 0. The van der Waals surface area contributed by atoms with Gasteiger partial charge in [0.2, 0.25) is 5.91 Å². The molecule has 0 unspecified atom stereocenters. The highest BCUT2D eigenvalue weighted by Gasteiger charge is 2.30. The van der Waals surface area contributed by atoms with Crippen LogP contribution in [-0.2, 0) is 35.2 Å². The molecule has 0 aliphatic rings. The molecule has 17 nitrogen and oxygen atoms in total. The van der Waals surface area contributed by atoms with E-state index in [-0.39, 0.29) is 54.2 Å². The zero-order valence-electron chi connectivity index (χ0n) is 30.2. The highest BCUT2D eigenvalue weighted by Crippen LogP contribution is 2.33. The number of carbonyl (C=O) groups is 8. The van der Waals surface area contributed by atoms with Gasteiger partial charge in [0, 0.05) is 57.8 Å². The fraction of sp³-hybridized carbons (Fsp3) is 0.263. The Kier molecular flexibility index (Phi) is 13.8. The number of fused-ring (bicyclic) bond motifs is 1. The van der Waals surface area contributed by atoms with Gasteiger partial charge < -0.3 is 45.0 Å². The molecule has 3 aromatic carbocycles. The van der Waals surface area contributed by atoms with Gasteiger partial charge in [0.05, 0.1) is 11.1 Å². The molecule has 0 spiro atoms. The number of hydrogen-bond donors (Lipinski definition) is 5.